The summed E-state index contributed by atoms with van der Waals surface area (Å²) in [5.74, 6) is 1.43. The van der Waals surface area contributed by atoms with Crippen molar-refractivity contribution in [3.05, 3.63) is 53.7 Å². The molecule has 0 N–H and O–H groups in total. The lowest BCUT2D eigenvalue weighted by Gasteiger charge is -2.23. The van der Waals surface area contributed by atoms with E-state index in [-0.39, 0.29) is 6.23 Å². The predicted octanol–water partition coefficient (Wildman–Crippen LogP) is 4.71. The first-order valence-corrected chi connectivity index (χ1v) is 8.53. The van der Waals surface area contributed by atoms with Gasteiger partial charge in [0.15, 0.2) is 6.23 Å². The minimum absolute atomic E-state index is 0.0183. The lowest BCUT2D eigenvalue weighted by molar-refractivity contribution is -0.0366. The molecule has 1 aliphatic rings. The van der Waals surface area contributed by atoms with Crippen molar-refractivity contribution in [3.8, 4) is 17.6 Å². The Morgan fingerprint density at radius 1 is 1.28 bits per heavy atom. The molecule has 1 saturated heterocycles. The Bertz CT molecular complexity index is 949. The van der Waals surface area contributed by atoms with Crippen LogP contribution in [0.2, 0.25) is 0 Å². The molecular weight excluding hydrogens is 314 g/mol. The van der Waals surface area contributed by atoms with Crippen molar-refractivity contribution in [2.24, 2.45) is 0 Å². The van der Waals surface area contributed by atoms with Crippen molar-refractivity contribution in [3.63, 3.8) is 0 Å². The normalized spacial score (nSPS) is 17.4. The number of ether oxygens (including phenoxy) is 2. The highest BCUT2D eigenvalue weighted by Gasteiger charge is 2.19. The molecule has 0 radical (unpaired) electrons. The van der Waals surface area contributed by atoms with Gasteiger partial charge in [0.05, 0.1) is 23.3 Å². The van der Waals surface area contributed by atoms with Gasteiger partial charge in [-0.15, -0.1) is 0 Å². The third-order valence-electron chi connectivity index (χ3n) is 4.62. The summed E-state index contributed by atoms with van der Waals surface area (Å²) in [7, 11) is 0. The van der Waals surface area contributed by atoms with Crippen LogP contribution in [0.25, 0.3) is 10.9 Å². The van der Waals surface area contributed by atoms with Crippen molar-refractivity contribution in [2.75, 3.05) is 6.61 Å². The van der Waals surface area contributed by atoms with Crippen LogP contribution in [0.3, 0.4) is 0 Å². The van der Waals surface area contributed by atoms with Gasteiger partial charge in [0, 0.05) is 17.6 Å². The molecule has 5 heteroatoms. The first-order valence-electron chi connectivity index (χ1n) is 8.53. The lowest BCUT2D eigenvalue weighted by Crippen LogP contribution is -2.18. The maximum Gasteiger partial charge on any atom is 0.150 e. The molecule has 1 aromatic heterocycles. The van der Waals surface area contributed by atoms with Gasteiger partial charge in [-0.2, -0.15) is 10.4 Å². The van der Waals surface area contributed by atoms with Crippen LogP contribution in [-0.2, 0) is 4.74 Å². The van der Waals surface area contributed by atoms with E-state index in [9.17, 15) is 0 Å². The number of hydrogen-bond acceptors (Lipinski definition) is 4. The third-order valence-corrected chi connectivity index (χ3v) is 4.62. The van der Waals surface area contributed by atoms with Crippen molar-refractivity contribution in [1.82, 2.24) is 9.78 Å². The molecule has 1 fully saturated rings. The average molecular weight is 333 g/mol. The van der Waals surface area contributed by atoms with E-state index in [1.165, 1.54) is 6.42 Å². The van der Waals surface area contributed by atoms with Crippen LogP contribution in [0, 0.1) is 18.3 Å². The van der Waals surface area contributed by atoms with Crippen molar-refractivity contribution in [2.45, 2.75) is 32.4 Å². The van der Waals surface area contributed by atoms with Crippen LogP contribution in [-0.4, -0.2) is 16.4 Å². The molecule has 25 heavy (non-hydrogen) atoms. The maximum absolute atomic E-state index is 9.02. The fourth-order valence-corrected chi connectivity index (χ4v) is 3.25. The van der Waals surface area contributed by atoms with Gasteiger partial charge in [0.1, 0.15) is 11.5 Å². The summed E-state index contributed by atoms with van der Waals surface area (Å²) in [5.41, 5.74) is 2.67. The highest BCUT2D eigenvalue weighted by atomic mass is 16.5. The third kappa shape index (κ3) is 2.97. The monoisotopic (exact) mass is 333 g/mol. The molecule has 0 spiro atoms. The second-order valence-electron chi connectivity index (χ2n) is 6.27. The number of fused-ring (bicyclic) bond motifs is 1. The van der Waals surface area contributed by atoms with Crippen LogP contribution >= 0.6 is 0 Å². The fourth-order valence-electron chi connectivity index (χ4n) is 3.25. The summed E-state index contributed by atoms with van der Waals surface area (Å²) >= 11 is 0. The van der Waals surface area contributed by atoms with Crippen molar-refractivity contribution >= 4 is 10.9 Å². The first-order chi connectivity index (χ1) is 12.3. The zero-order valence-corrected chi connectivity index (χ0v) is 14.1. The predicted molar refractivity (Wildman–Crippen MR) is 94.5 cm³/mol. The Labute approximate surface area is 146 Å². The summed E-state index contributed by atoms with van der Waals surface area (Å²) in [6.07, 6.45) is 5.18. The number of rotatable bonds is 3. The van der Waals surface area contributed by atoms with E-state index in [4.69, 9.17) is 14.7 Å². The maximum atomic E-state index is 9.02. The molecule has 1 unspecified atom stereocenters. The zero-order chi connectivity index (χ0) is 17.2. The average Bonchev–Trinajstić information content (AvgIpc) is 3.10. The summed E-state index contributed by atoms with van der Waals surface area (Å²) in [5, 5.41) is 14.6. The van der Waals surface area contributed by atoms with E-state index in [1.807, 2.05) is 42.1 Å². The lowest BCUT2D eigenvalue weighted by atomic mass is 10.1. The molecule has 0 amide bonds. The molecule has 5 nitrogen and oxygen atoms in total. The van der Waals surface area contributed by atoms with Gasteiger partial charge >= 0.3 is 0 Å². The Morgan fingerprint density at radius 2 is 2.20 bits per heavy atom. The Hall–Kier alpha value is -2.84. The number of nitriles is 1. The number of aryl methyl sites for hydroxylation is 1. The number of hydrogen-bond donors (Lipinski definition) is 0. The highest BCUT2D eigenvalue weighted by molar-refractivity contribution is 5.84. The van der Waals surface area contributed by atoms with Gasteiger partial charge in [0.2, 0.25) is 0 Å². The van der Waals surface area contributed by atoms with E-state index in [2.05, 4.69) is 11.2 Å². The van der Waals surface area contributed by atoms with E-state index < -0.39 is 0 Å². The van der Waals surface area contributed by atoms with Gasteiger partial charge in [-0.25, -0.2) is 4.68 Å². The number of aromatic nitrogens is 2. The van der Waals surface area contributed by atoms with E-state index in [0.717, 1.165) is 41.7 Å². The molecule has 126 valence electrons. The highest BCUT2D eigenvalue weighted by Crippen LogP contribution is 2.33. The quantitative estimate of drug-likeness (QED) is 0.696. The Balaban J connectivity index is 1.67. The van der Waals surface area contributed by atoms with Gasteiger partial charge in [-0.1, -0.05) is 6.07 Å². The Morgan fingerprint density at radius 3 is 3.00 bits per heavy atom. The number of nitrogens with zero attached hydrogens (tertiary/aromatic N) is 3. The second kappa shape index (κ2) is 6.58. The number of benzene rings is 2. The molecule has 2 aromatic carbocycles. The molecule has 0 bridgehead atoms. The minimum Gasteiger partial charge on any atom is -0.457 e. The molecular formula is C20H19N3O2. The first kappa shape index (κ1) is 15.7. The van der Waals surface area contributed by atoms with Crippen molar-refractivity contribution in [1.29, 1.82) is 5.26 Å². The largest absolute Gasteiger partial charge is 0.457 e. The van der Waals surface area contributed by atoms with Crippen LogP contribution in [0.1, 0.15) is 36.6 Å². The molecule has 3 aromatic rings. The topological polar surface area (TPSA) is 60.1 Å². The molecule has 0 saturated carbocycles. The second-order valence-corrected chi connectivity index (χ2v) is 6.27. The van der Waals surface area contributed by atoms with Crippen LogP contribution in [0.15, 0.2) is 42.6 Å². The summed E-state index contributed by atoms with van der Waals surface area (Å²) in [6, 6.07) is 13.3. The van der Waals surface area contributed by atoms with Crippen LogP contribution in [0.5, 0.6) is 11.5 Å². The van der Waals surface area contributed by atoms with E-state index >= 15 is 0 Å². The summed E-state index contributed by atoms with van der Waals surface area (Å²) < 4.78 is 13.8. The van der Waals surface area contributed by atoms with Gasteiger partial charge in [-0.05, 0) is 56.5 Å². The fraction of sp³-hybridized carbons (Fsp3) is 0.300. The zero-order valence-electron chi connectivity index (χ0n) is 14.1. The van der Waals surface area contributed by atoms with E-state index in [0.29, 0.717) is 11.3 Å². The molecule has 1 atom stereocenters. The molecule has 0 aliphatic carbocycles. The Kier molecular flexibility index (Phi) is 4.12. The molecule has 1 aliphatic heterocycles. The summed E-state index contributed by atoms with van der Waals surface area (Å²) in [4.78, 5) is 0. The molecule has 2 heterocycles. The standard InChI is InChI=1S/C20H19N3O2/c1-14-17-13-22-23(20-7-2-3-10-24-20)18(17)8-9-19(14)25-16-6-4-5-15(11-16)12-21/h4-6,8-9,11,13,20H,2-3,7,10H2,1H3. The van der Waals surface area contributed by atoms with Crippen molar-refractivity contribution < 1.29 is 9.47 Å². The van der Waals surface area contributed by atoms with Crippen LogP contribution in [0.4, 0.5) is 0 Å². The molecule has 4 rings (SSSR count). The van der Waals surface area contributed by atoms with Gasteiger partial charge in [-0.3, -0.25) is 0 Å². The van der Waals surface area contributed by atoms with E-state index in [1.54, 1.807) is 12.1 Å². The van der Waals surface area contributed by atoms with Gasteiger partial charge in [0.25, 0.3) is 0 Å². The van der Waals surface area contributed by atoms with Crippen LogP contribution < -0.4 is 4.74 Å². The SMILES string of the molecule is Cc1c(Oc2cccc(C#N)c2)ccc2c1cnn2C1CCCCO1. The smallest absolute Gasteiger partial charge is 0.150 e. The van der Waals surface area contributed by atoms with Gasteiger partial charge < -0.3 is 9.47 Å². The minimum atomic E-state index is 0.0183. The summed E-state index contributed by atoms with van der Waals surface area (Å²) in [6.45, 7) is 2.82.